The Morgan fingerprint density at radius 3 is 2.58 bits per heavy atom. The van der Waals surface area contributed by atoms with Gasteiger partial charge in [-0.1, -0.05) is 63.4 Å². The summed E-state index contributed by atoms with van der Waals surface area (Å²) in [6.45, 7) is -0.215. The van der Waals surface area contributed by atoms with Crippen molar-refractivity contribution in [1.82, 2.24) is 5.32 Å². The molecule has 0 spiro atoms. The summed E-state index contributed by atoms with van der Waals surface area (Å²) in [5.41, 5.74) is 2.45. The summed E-state index contributed by atoms with van der Waals surface area (Å²) in [4.78, 5) is 13.5. The van der Waals surface area contributed by atoms with E-state index in [0.29, 0.717) is 27.8 Å². The fourth-order valence-electron chi connectivity index (χ4n) is 4.01. The topological polar surface area (TPSA) is 53.2 Å². The first kappa shape index (κ1) is 24.0. The SMILES string of the molecule is O=C1Nc2cc(Cl)ccc2C1(Cc1cccc(Cl)c1)Nc1cc(Br)ccc1CNCC(F)F. The van der Waals surface area contributed by atoms with Gasteiger partial charge in [-0.15, -0.1) is 0 Å². The molecule has 172 valence electrons. The summed E-state index contributed by atoms with van der Waals surface area (Å²) in [6.07, 6.45) is -2.15. The minimum atomic E-state index is -2.46. The number of hydrogen-bond acceptors (Lipinski definition) is 3. The molecular formula is C24H20BrCl2F2N3O. The Balaban J connectivity index is 1.78. The monoisotopic (exact) mass is 553 g/mol. The van der Waals surface area contributed by atoms with Gasteiger partial charge in [0.2, 0.25) is 0 Å². The zero-order valence-corrected chi connectivity index (χ0v) is 20.4. The third-order valence-corrected chi connectivity index (χ3v) is 6.43. The van der Waals surface area contributed by atoms with Crippen molar-refractivity contribution in [3.05, 3.63) is 91.9 Å². The molecule has 1 heterocycles. The van der Waals surface area contributed by atoms with Crippen LogP contribution in [0, 0.1) is 0 Å². The molecule has 1 aliphatic heterocycles. The second-order valence-corrected chi connectivity index (χ2v) is 9.59. The highest BCUT2D eigenvalue weighted by Crippen LogP contribution is 2.43. The predicted octanol–water partition coefficient (Wildman–Crippen LogP) is 6.61. The van der Waals surface area contributed by atoms with Gasteiger partial charge in [-0.2, -0.15) is 0 Å². The quantitative estimate of drug-likeness (QED) is 0.293. The molecule has 0 aromatic heterocycles. The van der Waals surface area contributed by atoms with E-state index in [1.54, 1.807) is 18.2 Å². The number of benzene rings is 3. The van der Waals surface area contributed by atoms with Crippen molar-refractivity contribution in [2.24, 2.45) is 0 Å². The average molecular weight is 555 g/mol. The molecule has 0 fully saturated rings. The van der Waals surface area contributed by atoms with Gasteiger partial charge in [0, 0.05) is 44.4 Å². The first-order valence-corrected chi connectivity index (χ1v) is 11.7. The smallest absolute Gasteiger partial charge is 0.255 e. The maximum absolute atomic E-state index is 13.5. The van der Waals surface area contributed by atoms with Gasteiger partial charge >= 0.3 is 0 Å². The van der Waals surface area contributed by atoms with Gasteiger partial charge in [-0.25, -0.2) is 8.78 Å². The molecule has 1 aliphatic rings. The fraction of sp³-hybridized carbons (Fsp3) is 0.208. The minimum Gasteiger partial charge on any atom is -0.367 e. The molecule has 3 N–H and O–H groups in total. The minimum absolute atomic E-state index is 0.211. The van der Waals surface area contributed by atoms with E-state index >= 15 is 0 Å². The van der Waals surface area contributed by atoms with Crippen LogP contribution in [0.3, 0.4) is 0 Å². The highest BCUT2D eigenvalue weighted by atomic mass is 79.9. The van der Waals surface area contributed by atoms with E-state index in [1.165, 1.54) is 0 Å². The standard InChI is InChI=1S/C24H20BrCl2F2N3O/c25-16-5-4-15(12-30-13-22(28)29)20(9-16)32-24(11-14-2-1-3-17(26)8-14)19-7-6-18(27)10-21(19)31-23(24)33/h1-10,22,30,32H,11-13H2,(H,31,33). The fourth-order valence-corrected chi connectivity index (χ4v) is 4.75. The number of nitrogens with one attached hydrogen (secondary N) is 3. The van der Waals surface area contributed by atoms with Crippen LogP contribution in [0.2, 0.25) is 10.0 Å². The van der Waals surface area contributed by atoms with E-state index in [4.69, 9.17) is 23.2 Å². The highest BCUT2D eigenvalue weighted by Gasteiger charge is 2.47. The number of rotatable bonds is 8. The zero-order valence-electron chi connectivity index (χ0n) is 17.3. The zero-order chi connectivity index (χ0) is 23.6. The van der Waals surface area contributed by atoms with E-state index in [-0.39, 0.29) is 12.5 Å². The number of carbonyl (C=O) groups excluding carboxylic acids is 1. The third kappa shape index (κ3) is 5.32. The summed E-state index contributed by atoms with van der Waals surface area (Å²) in [6, 6.07) is 18.1. The lowest BCUT2D eigenvalue weighted by molar-refractivity contribution is -0.119. The Hall–Kier alpha value is -2.19. The van der Waals surface area contributed by atoms with Crippen molar-refractivity contribution >= 4 is 56.4 Å². The number of fused-ring (bicyclic) bond motifs is 1. The molecule has 0 bridgehead atoms. The average Bonchev–Trinajstić information content (AvgIpc) is 2.99. The number of amides is 1. The summed E-state index contributed by atoms with van der Waals surface area (Å²) in [7, 11) is 0. The Morgan fingerprint density at radius 2 is 1.82 bits per heavy atom. The van der Waals surface area contributed by atoms with Crippen LogP contribution in [0.5, 0.6) is 0 Å². The van der Waals surface area contributed by atoms with Gasteiger partial charge in [0.1, 0.15) is 5.54 Å². The van der Waals surface area contributed by atoms with Gasteiger partial charge in [0.25, 0.3) is 12.3 Å². The molecular weight excluding hydrogens is 535 g/mol. The van der Waals surface area contributed by atoms with E-state index in [0.717, 1.165) is 21.2 Å². The van der Waals surface area contributed by atoms with Gasteiger partial charge in [0.15, 0.2) is 0 Å². The molecule has 4 rings (SSSR count). The maximum Gasteiger partial charge on any atom is 0.255 e. The molecule has 0 saturated carbocycles. The number of anilines is 2. The van der Waals surface area contributed by atoms with Crippen LogP contribution in [0.1, 0.15) is 16.7 Å². The van der Waals surface area contributed by atoms with E-state index in [9.17, 15) is 13.6 Å². The summed E-state index contributed by atoms with van der Waals surface area (Å²) in [5, 5.41) is 10.2. The van der Waals surface area contributed by atoms with Crippen LogP contribution in [0.4, 0.5) is 20.2 Å². The van der Waals surface area contributed by atoms with Crippen LogP contribution in [-0.4, -0.2) is 18.9 Å². The van der Waals surface area contributed by atoms with E-state index in [1.807, 2.05) is 42.5 Å². The molecule has 1 unspecified atom stereocenters. The molecule has 0 saturated heterocycles. The molecule has 1 atom stereocenters. The maximum atomic E-state index is 13.5. The molecule has 33 heavy (non-hydrogen) atoms. The molecule has 3 aromatic carbocycles. The summed E-state index contributed by atoms with van der Waals surface area (Å²) < 4.78 is 26.1. The largest absolute Gasteiger partial charge is 0.367 e. The first-order valence-electron chi connectivity index (χ1n) is 10.2. The van der Waals surface area contributed by atoms with Crippen molar-refractivity contribution in [1.29, 1.82) is 0 Å². The second kappa shape index (κ2) is 9.97. The van der Waals surface area contributed by atoms with Crippen molar-refractivity contribution in [3.8, 4) is 0 Å². The van der Waals surface area contributed by atoms with Gasteiger partial charge in [-0.05, 0) is 47.5 Å². The molecule has 4 nitrogen and oxygen atoms in total. The van der Waals surface area contributed by atoms with E-state index in [2.05, 4.69) is 31.9 Å². The van der Waals surface area contributed by atoms with Gasteiger partial charge < -0.3 is 16.0 Å². The highest BCUT2D eigenvalue weighted by molar-refractivity contribution is 9.10. The number of halogens is 5. The number of hydrogen-bond donors (Lipinski definition) is 3. The molecule has 1 amide bonds. The molecule has 9 heteroatoms. The van der Waals surface area contributed by atoms with Gasteiger partial charge in [-0.3, -0.25) is 4.79 Å². The second-order valence-electron chi connectivity index (χ2n) is 7.80. The van der Waals surface area contributed by atoms with Crippen molar-refractivity contribution < 1.29 is 13.6 Å². The van der Waals surface area contributed by atoms with E-state index < -0.39 is 18.5 Å². The molecule has 0 radical (unpaired) electrons. The molecule has 3 aromatic rings. The van der Waals surface area contributed by atoms with Crippen LogP contribution in [0.15, 0.2) is 65.1 Å². The van der Waals surface area contributed by atoms with Gasteiger partial charge in [0.05, 0.1) is 6.54 Å². The summed E-state index contributed by atoms with van der Waals surface area (Å²) in [5.74, 6) is -0.244. The lowest BCUT2D eigenvalue weighted by Gasteiger charge is -2.31. The Morgan fingerprint density at radius 1 is 1.03 bits per heavy atom. The normalized spacial score (nSPS) is 17.2. The molecule has 0 aliphatic carbocycles. The third-order valence-electron chi connectivity index (χ3n) is 5.47. The van der Waals surface area contributed by atoms with Crippen LogP contribution >= 0.6 is 39.1 Å². The van der Waals surface area contributed by atoms with Crippen molar-refractivity contribution in [3.63, 3.8) is 0 Å². The number of alkyl halides is 2. The first-order chi connectivity index (χ1) is 15.8. The Labute approximate surface area is 208 Å². The lowest BCUT2D eigenvalue weighted by Crippen LogP contribution is -2.44. The summed E-state index contributed by atoms with van der Waals surface area (Å²) >= 11 is 15.8. The predicted molar refractivity (Wildman–Crippen MR) is 132 cm³/mol. The van der Waals surface area contributed by atoms with Crippen LogP contribution in [0.25, 0.3) is 0 Å². The van der Waals surface area contributed by atoms with Crippen LogP contribution < -0.4 is 16.0 Å². The van der Waals surface area contributed by atoms with Crippen LogP contribution in [-0.2, 0) is 23.3 Å². The lowest BCUT2D eigenvalue weighted by atomic mass is 9.84. The Bertz CT molecular complexity index is 1190. The Kier molecular flexibility index (Phi) is 7.24. The van der Waals surface area contributed by atoms with Crippen molar-refractivity contribution in [2.45, 2.75) is 24.9 Å². The number of carbonyl (C=O) groups is 1. The van der Waals surface area contributed by atoms with Crippen molar-refractivity contribution in [2.75, 3.05) is 17.2 Å².